The number of furan rings is 1. The van der Waals surface area contributed by atoms with Crippen molar-refractivity contribution in [2.24, 2.45) is 5.73 Å². The van der Waals surface area contributed by atoms with Gasteiger partial charge in [0.2, 0.25) is 0 Å². The fourth-order valence-electron chi connectivity index (χ4n) is 2.10. The molecule has 0 radical (unpaired) electrons. The van der Waals surface area contributed by atoms with Crippen molar-refractivity contribution in [3.63, 3.8) is 0 Å². The molecular formula is C19H15F3N2O3. The molecule has 0 spiro atoms. The number of carboxylic acid groups (broad SMARTS) is 1. The zero-order valence-electron chi connectivity index (χ0n) is 13.8. The van der Waals surface area contributed by atoms with Crippen molar-refractivity contribution < 1.29 is 27.5 Å². The summed E-state index contributed by atoms with van der Waals surface area (Å²) < 4.78 is 37.0. The molecule has 2 aromatic carbocycles. The summed E-state index contributed by atoms with van der Waals surface area (Å²) >= 11 is 0. The number of benzene rings is 2. The lowest BCUT2D eigenvalue weighted by Crippen LogP contribution is -2.21. The Morgan fingerprint density at radius 1 is 1.07 bits per heavy atom. The first-order chi connectivity index (χ1) is 12.7. The van der Waals surface area contributed by atoms with Crippen LogP contribution in [0.4, 0.5) is 13.2 Å². The molecule has 4 N–H and O–H groups in total. The maximum absolute atomic E-state index is 10.6. The summed E-state index contributed by atoms with van der Waals surface area (Å²) in [5.41, 5.74) is 7.35. The van der Waals surface area contributed by atoms with Gasteiger partial charge in [-0.3, -0.25) is 5.41 Å². The Hall–Kier alpha value is -3.55. The van der Waals surface area contributed by atoms with Crippen molar-refractivity contribution in [2.75, 3.05) is 0 Å². The van der Waals surface area contributed by atoms with E-state index in [9.17, 15) is 13.2 Å². The van der Waals surface area contributed by atoms with E-state index in [4.69, 9.17) is 25.5 Å². The Morgan fingerprint density at radius 2 is 1.70 bits per heavy atom. The highest BCUT2D eigenvalue weighted by Gasteiger charge is 2.38. The molecule has 1 aromatic heterocycles. The Kier molecular flexibility index (Phi) is 6.02. The third kappa shape index (κ3) is 5.74. The molecule has 0 aliphatic rings. The molecular weight excluding hydrogens is 361 g/mol. The van der Waals surface area contributed by atoms with Gasteiger partial charge in [0.25, 0.3) is 0 Å². The molecule has 0 aliphatic carbocycles. The number of hydrogen-bond donors (Lipinski definition) is 3. The molecule has 0 saturated carbocycles. The van der Waals surface area contributed by atoms with E-state index in [0.717, 1.165) is 27.7 Å². The van der Waals surface area contributed by atoms with E-state index >= 15 is 0 Å². The van der Waals surface area contributed by atoms with E-state index in [-0.39, 0.29) is 5.84 Å². The quantitative estimate of drug-likeness (QED) is 0.462. The Labute approximate surface area is 152 Å². The van der Waals surface area contributed by atoms with E-state index in [1.807, 2.05) is 54.6 Å². The van der Waals surface area contributed by atoms with Gasteiger partial charge in [0.1, 0.15) is 11.6 Å². The predicted molar refractivity (Wildman–Crippen MR) is 96.3 cm³/mol. The summed E-state index contributed by atoms with van der Waals surface area (Å²) in [6, 6.07) is 15.7. The zero-order valence-corrected chi connectivity index (χ0v) is 13.8. The number of carboxylic acids is 1. The van der Waals surface area contributed by atoms with Crippen LogP contribution >= 0.6 is 0 Å². The summed E-state index contributed by atoms with van der Waals surface area (Å²) in [5.74, 6) is -1.83. The second-order valence-electron chi connectivity index (χ2n) is 5.39. The molecule has 0 bridgehead atoms. The van der Waals surface area contributed by atoms with Crippen molar-refractivity contribution in [2.45, 2.75) is 6.18 Å². The van der Waals surface area contributed by atoms with Crippen LogP contribution in [0.5, 0.6) is 0 Å². The smallest absolute Gasteiger partial charge is 0.475 e. The molecule has 1 heterocycles. The molecule has 8 heteroatoms. The number of fused-ring (bicyclic) bond motifs is 1. The molecule has 5 nitrogen and oxygen atoms in total. The van der Waals surface area contributed by atoms with Crippen molar-refractivity contribution >= 4 is 34.7 Å². The number of amidine groups is 1. The van der Waals surface area contributed by atoms with Gasteiger partial charge in [-0.15, -0.1) is 0 Å². The van der Waals surface area contributed by atoms with Gasteiger partial charge in [0.05, 0.1) is 6.26 Å². The van der Waals surface area contributed by atoms with Crippen LogP contribution in [0.3, 0.4) is 0 Å². The fraction of sp³-hybridized carbons (Fsp3) is 0.0526. The first kappa shape index (κ1) is 19.8. The SMILES string of the molecule is N=C(N)c1ccc2cc(/C=C/c3ccco3)ccc2c1.O=C(O)C(F)(F)F. The van der Waals surface area contributed by atoms with E-state index in [1.54, 1.807) is 6.26 Å². The minimum Gasteiger partial charge on any atom is -0.475 e. The van der Waals surface area contributed by atoms with Gasteiger partial charge < -0.3 is 15.3 Å². The first-order valence-corrected chi connectivity index (χ1v) is 7.57. The Balaban J connectivity index is 0.000000321. The van der Waals surface area contributed by atoms with Crippen LogP contribution in [-0.2, 0) is 4.79 Å². The highest BCUT2D eigenvalue weighted by Crippen LogP contribution is 2.19. The van der Waals surface area contributed by atoms with Gasteiger partial charge in [-0.25, -0.2) is 4.79 Å². The van der Waals surface area contributed by atoms with Gasteiger partial charge in [0.15, 0.2) is 0 Å². The monoisotopic (exact) mass is 376 g/mol. The van der Waals surface area contributed by atoms with Gasteiger partial charge in [-0.2, -0.15) is 13.2 Å². The van der Waals surface area contributed by atoms with Crippen molar-refractivity contribution in [3.8, 4) is 0 Å². The van der Waals surface area contributed by atoms with E-state index in [1.165, 1.54) is 0 Å². The maximum atomic E-state index is 10.6. The topological polar surface area (TPSA) is 100 Å². The number of rotatable bonds is 3. The van der Waals surface area contributed by atoms with E-state index in [2.05, 4.69) is 6.07 Å². The van der Waals surface area contributed by atoms with Gasteiger partial charge in [-0.05, 0) is 46.7 Å². The zero-order chi connectivity index (χ0) is 20.0. The van der Waals surface area contributed by atoms with Crippen LogP contribution in [0.2, 0.25) is 0 Å². The van der Waals surface area contributed by atoms with Gasteiger partial charge >= 0.3 is 12.1 Å². The first-order valence-electron chi connectivity index (χ1n) is 7.57. The second-order valence-corrected chi connectivity index (χ2v) is 5.39. The summed E-state index contributed by atoms with van der Waals surface area (Å²) in [6.07, 6.45) is 0.519. The van der Waals surface area contributed by atoms with Crippen LogP contribution in [0, 0.1) is 5.41 Å². The number of nitrogen functional groups attached to an aromatic ring is 1. The molecule has 0 aliphatic heterocycles. The number of aliphatic carboxylic acids is 1. The lowest BCUT2D eigenvalue weighted by molar-refractivity contribution is -0.192. The normalized spacial score (nSPS) is 11.2. The second kappa shape index (κ2) is 8.22. The number of hydrogen-bond acceptors (Lipinski definition) is 3. The summed E-state index contributed by atoms with van der Waals surface area (Å²) in [5, 5.41) is 16.8. The molecule has 0 saturated heterocycles. The van der Waals surface area contributed by atoms with Gasteiger partial charge in [0, 0.05) is 5.56 Å². The minimum atomic E-state index is -5.08. The number of carbonyl (C=O) groups is 1. The van der Waals surface area contributed by atoms with Crippen molar-refractivity contribution in [1.29, 1.82) is 5.41 Å². The third-order valence-corrected chi connectivity index (χ3v) is 3.40. The number of nitrogens with one attached hydrogen (secondary N) is 1. The molecule has 140 valence electrons. The van der Waals surface area contributed by atoms with Gasteiger partial charge in [-0.1, -0.05) is 30.3 Å². The van der Waals surface area contributed by atoms with Crippen LogP contribution in [0.15, 0.2) is 59.2 Å². The van der Waals surface area contributed by atoms with E-state index in [0.29, 0.717) is 0 Å². The average Bonchev–Trinajstić information content (AvgIpc) is 3.12. The summed E-state index contributed by atoms with van der Waals surface area (Å²) in [6.45, 7) is 0. The number of alkyl halides is 3. The molecule has 0 amide bonds. The lowest BCUT2D eigenvalue weighted by atomic mass is 10.0. The third-order valence-electron chi connectivity index (χ3n) is 3.40. The van der Waals surface area contributed by atoms with Crippen LogP contribution < -0.4 is 5.73 Å². The fourth-order valence-corrected chi connectivity index (χ4v) is 2.10. The summed E-state index contributed by atoms with van der Waals surface area (Å²) in [4.78, 5) is 8.90. The Bertz CT molecular complexity index is 978. The van der Waals surface area contributed by atoms with Crippen LogP contribution in [-0.4, -0.2) is 23.1 Å². The predicted octanol–water partition coefficient (Wildman–Crippen LogP) is 4.52. The molecule has 0 atom stereocenters. The minimum absolute atomic E-state index is 0.0914. The highest BCUT2D eigenvalue weighted by atomic mass is 19.4. The molecule has 3 rings (SSSR count). The molecule has 27 heavy (non-hydrogen) atoms. The Morgan fingerprint density at radius 3 is 2.26 bits per heavy atom. The van der Waals surface area contributed by atoms with Crippen LogP contribution in [0.1, 0.15) is 16.9 Å². The lowest BCUT2D eigenvalue weighted by Gasteiger charge is -2.03. The molecule has 0 fully saturated rings. The van der Waals surface area contributed by atoms with E-state index < -0.39 is 12.1 Å². The molecule has 0 unspecified atom stereocenters. The number of nitrogens with two attached hydrogens (primary N) is 1. The highest BCUT2D eigenvalue weighted by molar-refractivity contribution is 5.99. The number of halogens is 3. The van der Waals surface area contributed by atoms with Crippen molar-refractivity contribution in [1.82, 2.24) is 0 Å². The standard InChI is InChI=1S/C17H14N2O.C2HF3O2/c18-17(19)15-7-6-13-10-12(3-5-14(13)11-15)4-8-16-2-1-9-20-16;3-2(4,5)1(6)7/h1-11H,(H3,18,19);(H,6,7)/b8-4+;. The van der Waals surface area contributed by atoms with Crippen LogP contribution in [0.25, 0.3) is 22.9 Å². The molecule has 3 aromatic rings. The maximum Gasteiger partial charge on any atom is 0.490 e. The summed E-state index contributed by atoms with van der Waals surface area (Å²) in [7, 11) is 0. The van der Waals surface area contributed by atoms with Crippen molar-refractivity contribution in [3.05, 3.63) is 71.7 Å². The largest absolute Gasteiger partial charge is 0.490 e. The average molecular weight is 376 g/mol.